The molecule has 0 radical (unpaired) electrons. The molecule has 1 aliphatic rings. The van der Waals surface area contributed by atoms with Gasteiger partial charge >= 0.3 is 0 Å². The van der Waals surface area contributed by atoms with Crippen LogP contribution in [-0.2, 0) is 9.47 Å². The van der Waals surface area contributed by atoms with Crippen LogP contribution in [0.1, 0.15) is 32.6 Å². The third-order valence-electron chi connectivity index (χ3n) is 1.97. The van der Waals surface area contributed by atoms with Crippen molar-refractivity contribution in [1.82, 2.24) is 0 Å². The Labute approximate surface area is 68.9 Å². The van der Waals surface area contributed by atoms with Crippen molar-refractivity contribution in [2.75, 3.05) is 19.8 Å². The fourth-order valence-electron chi connectivity index (χ4n) is 1.24. The van der Waals surface area contributed by atoms with Crippen molar-refractivity contribution in [3.8, 4) is 0 Å². The summed E-state index contributed by atoms with van der Waals surface area (Å²) in [7, 11) is 0. The minimum Gasteiger partial charge on any atom is -0.379 e. The molecule has 0 spiro atoms. The maximum Gasteiger partial charge on any atom is 0.0809 e. The van der Waals surface area contributed by atoms with E-state index in [1.807, 2.05) is 0 Å². The second kappa shape index (κ2) is 5.56. The lowest BCUT2D eigenvalue weighted by atomic mass is 10.2. The molecular weight excluding hydrogens is 140 g/mol. The Morgan fingerprint density at radius 1 is 1.55 bits per heavy atom. The zero-order chi connectivity index (χ0) is 7.94. The molecule has 2 heteroatoms. The van der Waals surface area contributed by atoms with Crippen LogP contribution in [0, 0.1) is 0 Å². The van der Waals surface area contributed by atoms with Crippen LogP contribution in [0.2, 0.25) is 0 Å². The second-order valence-electron chi connectivity index (χ2n) is 3.06. The molecule has 0 aromatic carbocycles. The average molecular weight is 158 g/mol. The van der Waals surface area contributed by atoms with E-state index in [4.69, 9.17) is 9.47 Å². The van der Waals surface area contributed by atoms with Crippen LogP contribution in [0.15, 0.2) is 0 Å². The van der Waals surface area contributed by atoms with Crippen LogP contribution in [0.25, 0.3) is 0 Å². The van der Waals surface area contributed by atoms with E-state index in [-0.39, 0.29) is 0 Å². The lowest BCUT2D eigenvalue weighted by molar-refractivity contribution is 0.0164. The highest BCUT2D eigenvalue weighted by Crippen LogP contribution is 2.11. The van der Waals surface area contributed by atoms with E-state index in [2.05, 4.69) is 6.92 Å². The molecule has 0 amide bonds. The van der Waals surface area contributed by atoms with Crippen molar-refractivity contribution < 1.29 is 9.47 Å². The lowest BCUT2D eigenvalue weighted by Gasteiger charge is -2.08. The number of hydrogen-bond acceptors (Lipinski definition) is 2. The van der Waals surface area contributed by atoms with Gasteiger partial charge in [-0.1, -0.05) is 13.3 Å². The Morgan fingerprint density at radius 2 is 2.45 bits per heavy atom. The summed E-state index contributed by atoms with van der Waals surface area (Å²) < 4.78 is 10.8. The van der Waals surface area contributed by atoms with E-state index in [9.17, 15) is 0 Å². The third kappa shape index (κ3) is 3.73. The summed E-state index contributed by atoms with van der Waals surface area (Å²) in [6, 6.07) is 0. The molecule has 0 saturated carbocycles. The monoisotopic (exact) mass is 158 g/mol. The lowest BCUT2D eigenvalue weighted by Crippen LogP contribution is -2.14. The highest BCUT2D eigenvalue weighted by atomic mass is 16.5. The topological polar surface area (TPSA) is 18.5 Å². The van der Waals surface area contributed by atoms with Crippen molar-refractivity contribution in [3.63, 3.8) is 0 Å². The Kier molecular flexibility index (Phi) is 4.55. The maximum atomic E-state index is 5.43. The number of unbranched alkanes of at least 4 members (excludes halogenated alkanes) is 1. The number of ether oxygens (including phenoxy) is 2. The molecule has 0 N–H and O–H groups in total. The average Bonchev–Trinajstić information content (AvgIpc) is 2.50. The van der Waals surface area contributed by atoms with Gasteiger partial charge in [0.1, 0.15) is 0 Å². The highest BCUT2D eigenvalue weighted by molar-refractivity contribution is 4.63. The van der Waals surface area contributed by atoms with Crippen LogP contribution in [0.4, 0.5) is 0 Å². The largest absolute Gasteiger partial charge is 0.379 e. The van der Waals surface area contributed by atoms with Crippen LogP contribution >= 0.6 is 0 Å². The quantitative estimate of drug-likeness (QED) is 0.570. The van der Waals surface area contributed by atoms with Crippen LogP contribution in [-0.4, -0.2) is 25.9 Å². The van der Waals surface area contributed by atoms with E-state index in [1.54, 1.807) is 0 Å². The number of rotatable bonds is 5. The molecule has 1 fully saturated rings. The molecule has 1 unspecified atom stereocenters. The van der Waals surface area contributed by atoms with Gasteiger partial charge in [-0.15, -0.1) is 0 Å². The fraction of sp³-hybridized carbons (Fsp3) is 1.00. The molecule has 1 aliphatic heterocycles. The van der Waals surface area contributed by atoms with Gasteiger partial charge in [0.25, 0.3) is 0 Å². The molecule has 66 valence electrons. The molecule has 0 aliphatic carbocycles. The molecule has 1 saturated heterocycles. The molecular formula is C9H18O2. The first-order chi connectivity index (χ1) is 5.43. The SMILES string of the molecule is CCCCOCC1CCCO1. The van der Waals surface area contributed by atoms with Crippen molar-refractivity contribution in [1.29, 1.82) is 0 Å². The molecule has 1 rings (SSSR count). The second-order valence-corrected chi connectivity index (χ2v) is 3.06. The van der Waals surface area contributed by atoms with Crippen molar-refractivity contribution >= 4 is 0 Å². The molecule has 1 atom stereocenters. The summed E-state index contributed by atoms with van der Waals surface area (Å²) >= 11 is 0. The van der Waals surface area contributed by atoms with Gasteiger partial charge in [-0.05, 0) is 19.3 Å². The van der Waals surface area contributed by atoms with Gasteiger partial charge in [0.15, 0.2) is 0 Å². The molecule has 0 bridgehead atoms. The third-order valence-corrected chi connectivity index (χ3v) is 1.97. The van der Waals surface area contributed by atoms with Crippen LogP contribution in [0.5, 0.6) is 0 Å². The Bertz CT molecular complexity index is 87.6. The minimum absolute atomic E-state index is 0.395. The standard InChI is InChI=1S/C9H18O2/c1-2-3-6-10-8-9-5-4-7-11-9/h9H,2-8H2,1H3. The summed E-state index contributed by atoms with van der Waals surface area (Å²) in [4.78, 5) is 0. The Hall–Kier alpha value is -0.0800. The van der Waals surface area contributed by atoms with Crippen molar-refractivity contribution in [3.05, 3.63) is 0 Å². The predicted molar refractivity (Wildman–Crippen MR) is 44.7 cm³/mol. The first-order valence-electron chi connectivity index (χ1n) is 4.63. The van der Waals surface area contributed by atoms with Gasteiger partial charge in [0, 0.05) is 13.2 Å². The molecule has 11 heavy (non-hydrogen) atoms. The van der Waals surface area contributed by atoms with E-state index < -0.39 is 0 Å². The first-order valence-corrected chi connectivity index (χ1v) is 4.63. The molecule has 2 nitrogen and oxygen atoms in total. The zero-order valence-electron chi connectivity index (χ0n) is 7.34. The van der Waals surface area contributed by atoms with E-state index in [1.165, 1.54) is 25.7 Å². The van der Waals surface area contributed by atoms with Crippen molar-refractivity contribution in [2.45, 2.75) is 38.7 Å². The zero-order valence-corrected chi connectivity index (χ0v) is 7.34. The van der Waals surface area contributed by atoms with E-state index in [0.29, 0.717) is 6.10 Å². The Balaban J connectivity index is 1.86. The summed E-state index contributed by atoms with van der Waals surface area (Å²) in [6.45, 7) is 4.81. The summed E-state index contributed by atoms with van der Waals surface area (Å²) in [6.07, 6.45) is 5.18. The van der Waals surface area contributed by atoms with Gasteiger partial charge in [-0.25, -0.2) is 0 Å². The van der Waals surface area contributed by atoms with Gasteiger partial charge in [0.05, 0.1) is 12.7 Å². The van der Waals surface area contributed by atoms with E-state index in [0.717, 1.165) is 19.8 Å². The van der Waals surface area contributed by atoms with Crippen molar-refractivity contribution in [2.24, 2.45) is 0 Å². The van der Waals surface area contributed by atoms with Crippen LogP contribution < -0.4 is 0 Å². The summed E-state index contributed by atoms with van der Waals surface area (Å²) in [5, 5.41) is 0. The van der Waals surface area contributed by atoms with E-state index >= 15 is 0 Å². The molecule has 0 aromatic rings. The minimum atomic E-state index is 0.395. The number of hydrogen-bond donors (Lipinski definition) is 0. The van der Waals surface area contributed by atoms with Crippen LogP contribution in [0.3, 0.4) is 0 Å². The van der Waals surface area contributed by atoms with Gasteiger partial charge in [-0.3, -0.25) is 0 Å². The molecule has 1 heterocycles. The van der Waals surface area contributed by atoms with Gasteiger partial charge in [0.2, 0.25) is 0 Å². The smallest absolute Gasteiger partial charge is 0.0809 e. The highest BCUT2D eigenvalue weighted by Gasteiger charge is 2.14. The molecule has 0 aromatic heterocycles. The van der Waals surface area contributed by atoms with Gasteiger partial charge in [-0.2, -0.15) is 0 Å². The van der Waals surface area contributed by atoms with Gasteiger partial charge < -0.3 is 9.47 Å². The fourth-order valence-corrected chi connectivity index (χ4v) is 1.24. The predicted octanol–water partition coefficient (Wildman–Crippen LogP) is 1.98. The summed E-state index contributed by atoms with van der Waals surface area (Å²) in [5.41, 5.74) is 0. The normalized spacial score (nSPS) is 24.3. The maximum absolute atomic E-state index is 5.43. The Morgan fingerprint density at radius 3 is 3.09 bits per heavy atom. The summed E-state index contributed by atoms with van der Waals surface area (Å²) in [5.74, 6) is 0. The first kappa shape index (κ1) is 9.01.